The minimum atomic E-state index is -4.75. The Kier molecular flexibility index (Phi) is 28.4. The number of nitrogens with two attached hydrogens (primary N) is 1. The molecule has 3 saturated heterocycles. The van der Waals surface area contributed by atoms with Crippen LogP contribution in [0.3, 0.4) is 0 Å². The van der Waals surface area contributed by atoms with Gasteiger partial charge in [-0.3, -0.25) is 9.97 Å². The molecular formula is C64H61Cl4F9N12O6S2. The Morgan fingerprint density at radius 3 is 1.21 bits per heavy atom. The Labute approximate surface area is 583 Å². The van der Waals surface area contributed by atoms with Crippen LogP contribution in [-0.2, 0) is 0 Å². The summed E-state index contributed by atoms with van der Waals surface area (Å²) in [6.07, 6.45) is 2.73. The molecular weight excluding hydrogens is 1410 g/mol. The number of pyridine rings is 5. The molecule has 8 heterocycles. The molecule has 4 N–H and O–H groups in total. The molecule has 0 amide bonds. The quantitative estimate of drug-likeness (QED) is 0.0498. The van der Waals surface area contributed by atoms with E-state index in [9.17, 15) is 39.5 Å². The van der Waals surface area contributed by atoms with Gasteiger partial charge in [-0.25, -0.2) is 15.0 Å². The molecule has 33 heteroatoms. The van der Waals surface area contributed by atoms with Crippen LogP contribution in [0, 0.1) is 5.92 Å². The first kappa shape index (κ1) is 76.0. The van der Waals surface area contributed by atoms with Crippen molar-refractivity contribution in [1.29, 1.82) is 0 Å². The summed E-state index contributed by atoms with van der Waals surface area (Å²) >= 11 is 29.2. The molecule has 0 unspecified atom stereocenters. The Bertz CT molecular complexity index is 3680. The summed E-state index contributed by atoms with van der Waals surface area (Å²) in [5.74, 6) is 3.68. The molecule has 5 aromatic heterocycles. The highest BCUT2D eigenvalue weighted by molar-refractivity contribution is 7.80. The molecule has 3 aromatic carbocycles. The second-order valence-electron chi connectivity index (χ2n) is 21.2. The first-order valence-corrected chi connectivity index (χ1v) is 31.3. The van der Waals surface area contributed by atoms with Crippen LogP contribution in [0.5, 0.6) is 51.7 Å². The van der Waals surface area contributed by atoms with E-state index in [-0.39, 0.29) is 41.7 Å². The number of aromatic nitrogens is 5. The van der Waals surface area contributed by atoms with Gasteiger partial charge in [-0.15, -0.1) is 51.9 Å². The van der Waals surface area contributed by atoms with Gasteiger partial charge < -0.3 is 59.5 Å². The third-order valence-corrected chi connectivity index (χ3v) is 15.5. The normalized spacial score (nSPS) is 14.4. The summed E-state index contributed by atoms with van der Waals surface area (Å²) in [4.78, 5) is 30.9. The van der Waals surface area contributed by atoms with Crippen molar-refractivity contribution in [1.82, 2.24) is 30.2 Å². The summed E-state index contributed by atoms with van der Waals surface area (Å²) in [5, 5.41) is 10.3. The summed E-state index contributed by atoms with van der Waals surface area (Å²) in [6, 6.07) is 27.8. The van der Waals surface area contributed by atoms with Gasteiger partial charge >= 0.3 is 19.1 Å². The van der Waals surface area contributed by atoms with Gasteiger partial charge in [-0.2, -0.15) is 4.99 Å². The van der Waals surface area contributed by atoms with E-state index in [0.717, 1.165) is 76.1 Å². The molecule has 3 aliphatic rings. The van der Waals surface area contributed by atoms with Gasteiger partial charge in [0, 0.05) is 101 Å². The number of anilines is 4. The molecule has 3 fully saturated rings. The number of nitrogens with one attached hydrogen (secondary N) is 2. The van der Waals surface area contributed by atoms with Crippen LogP contribution in [-0.4, -0.2) is 106 Å². The SMILES string of the molecule is CC1CCN(c2nccc(Oc3ccc(OC(F)(F)F)cc3)c2Cl)CC1.Cl.FC(F)(F)Oc1ccc(Oc2ccnc(N3CCC(NC(=S)Nc4cccnc4)CC3)c2Cl)cc1.NC1CCN(c2nccc(Oc3ccc(OC(F)(F)F)cc3)c2Cl)CC1.S=C=Nc1cccnc1. The Hall–Kier alpha value is -8.41. The van der Waals surface area contributed by atoms with Crippen molar-refractivity contribution in [3.05, 3.63) is 174 Å². The second-order valence-corrected chi connectivity index (χ2v) is 22.9. The first-order chi connectivity index (χ1) is 45.8. The molecule has 0 atom stereocenters. The van der Waals surface area contributed by atoms with E-state index < -0.39 is 19.1 Å². The highest BCUT2D eigenvalue weighted by atomic mass is 35.5. The van der Waals surface area contributed by atoms with E-state index in [4.69, 9.17) is 67.0 Å². The van der Waals surface area contributed by atoms with E-state index in [1.165, 1.54) is 72.8 Å². The first-order valence-electron chi connectivity index (χ1n) is 29.3. The Morgan fingerprint density at radius 2 is 0.866 bits per heavy atom. The number of aliphatic imine (C=N–C) groups is 1. The third-order valence-electron chi connectivity index (χ3n) is 14.2. The fraction of sp³-hybridized carbons (Fsp3) is 0.297. The number of benzene rings is 3. The Balaban J connectivity index is 0.000000194. The molecule has 0 radical (unpaired) electrons. The molecule has 516 valence electrons. The highest BCUT2D eigenvalue weighted by Crippen LogP contribution is 2.41. The number of ether oxygens (including phenoxy) is 6. The average Bonchev–Trinajstić information content (AvgIpc) is 0.919. The summed E-state index contributed by atoms with van der Waals surface area (Å²) in [6.45, 7) is 6.88. The third kappa shape index (κ3) is 25.2. The maximum absolute atomic E-state index is 12.3. The summed E-state index contributed by atoms with van der Waals surface area (Å²) < 4.78 is 139. The van der Waals surface area contributed by atoms with Gasteiger partial charge in [0.15, 0.2) is 39.8 Å². The lowest BCUT2D eigenvalue weighted by Gasteiger charge is -2.34. The van der Waals surface area contributed by atoms with Crippen LogP contribution in [0.1, 0.15) is 45.4 Å². The smallest absolute Gasteiger partial charge is 0.456 e. The van der Waals surface area contributed by atoms with Crippen LogP contribution in [0.25, 0.3) is 0 Å². The predicted molar refractivity (Wildman–Crippen MR) is 362 cm³/mol. The van der Waals surface area contributed by atoms with E-state index in [1.54, 1.807) is 67.6 Å². The fourth-order valence-corrected chi connectivity index (χ4v) is 10.7. The zero-order chi connectivity index (χ0) is 68.8. The van der Waals surface area contributed by atoms with Crippen LogP contribution >= 0.6 is 71.6 Å². The van der Waals surface area contributed by atoms with Crippen molar-refractivity contribution in [3.8, 4) is 51.7 Å². The van der Waals surface area contributed by atoms with Gasteiger partial charge in [0.25, 0.3) is 0 Å². The monoisotopic (exact) mass is 1470 g/mol. The average molecular weight is 1470 g/mol. The topological polar surface area (TPSA) is 192 Å². The number of thiocarbonyl (C=S) groups is 2. The van der Waals surface area contributed by atoms with E-state index in [2.05, 4.69) is 88.9 Å². The number of alkyl halides is 9. The minimum absolute atomic E-state index is 0. The van der Waals surface area contributed by atoms with Crippen LogP contribution < -0.4 is 59.5 Å². The number of nitrogens with zero attached hydrogens (tertiary/aromatic N) is 9. The number of rotatable bonds is 15. The molecule has 0 spiro atoms. The zero-order valence-corrected chi connectivity index (χ0v) is 55.8. The van der Waals surface area contributed by atoms with Crippen molar-refractivity contribution >= 4 is 111 Å². The molecule has 0 saturated carbocycles. The molecule has 97 heavy (non-hydrogen) atoms. The van der Waals surface area contributed by atoms with Gasteiger partial charge in [0.2, 0.25) is 0 Å². The summed E-state index contributed by atoms with van der Waals surface area (Å²) in [7, 11) is 0. The lowest BCUT2D eigenvalue weighted by Crippen LogP contribution is -2.46. The number of isothiocyanates is 1. The van der Waals surface area contributed by atoms with Crippen molar-refractivity contribution < 1.29 is 67.9 Å². The van der Waals surface area contributed by atoms with Crippen molar-refractivity contribution in [2.75, 3.05) is 59.3 Å². The molecule has 18 nitrogen and oxygen atoms in total. The number of piperidine rings is 3. The zero-order valence-electron chi connectivity index (χ0n) is 51.0. The van der Waals surface area contributed by atoms with Gasteiger partial charge in [-0.05, 0) is 166 Å². The number of hydrogen-bond donors (Lipinski definition) is 3. The van der Waals surface area contributed by atoms with Crippen LogP contribution in [0.4, 0.5) is 68.3 Å². The van der Waals surface area contributed by atoms with Crippen molar-refractivity contribution in [2.45, 2.75) is 76.6 Å². The molecule has 3 aliphatic heterocycles. The lowest BCUT2D eigenvalue weighted by molar-refractivity contribution is -0.275. The molecule has 0 bridgehead atoms. The standard InChI is InChI=1S/C23H21ClF3N5O2S.C18H18ClF3N2O2.C17H17ClF3N3O2.C6H4N2S.ClH/c24-20-19(33-17-3-5-18(6-4-17)34-23(25,26)27)7-11-29-21(20)32-12-8-15(9-13-32)30-22(35)31-16-2-1-10-28-14-16;1-12-7-10-24(11-8-12)17-16(19)15(6-9-23-17)25-13-2-4-14(5-3-13)26-18(20,21)22;18-15-14(5-8-23-16(15)24-9-6-11(22)7-10-24)25-12-1-3-13(4-2-12)26-17(19,20)21;9-5-8-6-2-1-3-7-4-6;/h1-7,10-11,14-15H,8-9,12-13H2,(H2,30,31,35);2-6,9,12H,7-8,10-11H2,1H3;1-5,8,11H,6-7,9-10,22H2;1-4H;1H. The van der Waals surface area contributed by atoms with Crippen LogP contribution in [0.15, 0.2) is 164 Å². The number of hydrogen-bond acceptors (Lipinski definition) is 18. The van der Waals surface area contributed by atoms with E-state index in [0.29, 0.717) is 91.1 Å². The maximum atomic E-state index is 12.3. The molecule has 8 aromatic rings. The predicted octanol–water partition coefficient (Wildman–Crippen LogP) is 18.0. The van der Waals surface area contributed by atoms with Crippen molar-refractivity contribution in [2.24, 2.45) is 16.6 Å². The van der Waals surface area contributed by atoms with Gasteiger partial charge in [-0.1, -0.05) is 41.7 Å². The largest absolute Gasteiger partial charge is 0.573 e. The minimum Gasteiger partial charge on any atom is -0.456 e. The van der Waals surface area contributed by atoms with E-state index in [1.807, 2.05) is 23.1 Å². The van der Waals surface area contributed by atoms with Crippen LogP contribution in [0.2, 0.25) is 15.1 Å². The van der Waals surface area contributed by atoms with Crippen molar-refractivity contribution in [3.63, 3.8) is 0 Å². The lowest BCUT2D eigenvalue weighted by atomic mass is 9.99. The highest BCUT2D eigenvalue weighted by Gasteiger charge is 2.33. The second kappa shape index (κ2) is 36.3. The fourth-order valence-electron chi connectivity index (χ4n) is 9.48. The van der Waals surface area contributed by atoms with Gasteiger partial charge in [0.1, 0.15) is 49.6 Å². The molecule has 11 rings (SSSR count). The maximum Gasteiger partial charge on any atom is 0.573 e. The van der Waals surface area contributed by atoms with E-state index >= 15 is 0 Å². The number of halogens is 13. The molecule has 0 aliphatic carbocycles. The summed E-state index contributed by atoms with van der Waals surface area (Å²) in [5.41, 5.74) is 7.47. The van der Waals surface area contributed by atoms with Gasteiger partial charge in [0.05, 0.1) is 28.9 Å². The Morgan fingerprint density at radius 1 is 0.515 bits per heavy atom.